The zero-order valence-electron chi connectivity index (χ0n) is 5.04. The van der Waals surface area contributed by atoms with Gasteiger partial charge < -0.3 is 0 Å². The fraction of sp³-hybridized carbons (Fsp3) is 0.125. The summed E-state index contributed by atoms with van der Waals surface area (Å²) in [6.07, 6.45) is 0.449. The molecule has 0 fully saturated rings. The molecule has 0 aliphatic carbocycles. The fourth-order valence-electron chi connectivity index (χ4n) is 0.612. The van der Waals surface area contributed by atoms with Crippen LogP contribution >= 0.6 is 0 Å². The van der Waals surface area contributed by atoms with Crippen LogP contribution in [0.2, 0.25) is 0 Å². The van der Waals surface area contributed by atoms with Crippen molar-refractivity contribution in [3.05, 3.63) is 43.4 Å². The topological polar surface area (TPSA) is 12.9 Å². The molecule has 0 aliphatic heterocycles. The zero-order chi connectivity index (χ0) is 6.69. The van der Waals surface area contributed by atoms with Crippen LogP contribution < -0.4 is 0 Å². The molecule has 0 spiro atoms. The number of nitrogens with zero attached hydrogens (tertiary/aromatic N) is 1. The molecule has 1 heterocycles. The van der Waals surface area contributed by atoms with Gasteiger partial charge in [0, 0.05) is 18.3 Å². The maximum Gasteiger partial charge on any atom is 0.0451 e. The Morgan fingerprint density at radius 3 is 2.67 bits per heavy atom. The molecule has 0 N–H and O–H groups in total. The summed E-state index contributed by atoms with van der Waals surface area (Å²) in [6.45, 7) is 10.7. The summed E-state index contributed by atoms with van der Waals surface area (Å²) in [6, 6.07) is 5.42. The molecule has 0 unspecified atom stereocenters. The summed E-state index contributed by atoms with van der Waals surface area (Å²) in [4.78, 5) is 3.94. The Hall–Kier alpha value is -0.850. The average Bonchev–Trinajstić information content (AvgIpc) is 1.88. The van der Waals surface area contributed by atoms with Crippen LogP contribution in [0.3, 0.4) is 0 Å². The van der Waals surface area contributed by atoms with Crippen LogP contribution in [0.4, 0.5) is 0 Å². The normalized spacial score (nSPS) is 9.56. The Labute approximate surface area is 55.7 Å². The van der Waals surface area contributed by atoms with Gasteiger partial charge in [-0.15, -0.1) is 0 Å². The molecular formula is C8H7N. The van der Waals surface area contributed by atoms with Crippen molar-refractivity contribution >= 4 is 0 Å². The number of aromatic nitrogens is 1. The van der Waals surface area contributed by atoms with Gasteiger partial charge in [0.2, 0.25) is 0 Å². The van der Waals surface area contributed by atoms with Crippen LogP contribution in [0.1, 0.15) is 11.4 Å². The maximum atomic E-state index is 5.37. The van der Waals surface area contributed by atoms with Gasteiger partial charge in [-0.2, -0.15) is 0 Å². The number of pyridine rings is 1. The number of rotatable bonds is 1. The average molecular weight is 117 g/mol. The molecule has 0 saturated carbocycles. The SMILES string of the molecule is [CH]Cc1cccc([CH])n1. The first-order chi connectivity index (χ1) is 4.33. The molecule has 0 aliphatic rings. The van der Waals surface area contributed by atoms with Gasteiger partial charge in [-0.3, -0.25) is 4.98 Å². The highest BCUT2D eigenvalue weighted by Gasteiger charge is 1.87. The van der Waals surface area contributed by atoms with E-state index < -0.39 is 0 Å². The van der Waals surface area contributed by atoms with E-state index in [2.05, 4.69) is 4.98 Å². The first-order valence-corrected chi connectivity index (χ1v) is 2.74. The highest BCUT2D eigenvalue weighted by Crippen LogP contribution is 1.96. The Morgan fingerprint density at radius 1 is 1.44 bits per heavy atom. The van der Waals surface area contributed by atoms with E-state index in [1.54, 1.807) is 6.07 Å². The highest BCUT2D eigenvalue weighted by atomic mass is 14.7. The Morgan fingerprint density at radius 2 is 2.22 bits per heavy atom. The minimum atomic E-state index is 0.449. The van der Waals surface area contributed by atoms with Gasteiger partial charge in [-0.1, -0.05) is 6.07 Å². The molecule has 1 nitrogen and oxygen atoms in total. The summed E-state index contributed by atoms with van der Waals surface area (Å²) in [5.74, 6) is 0. The van der Waals surface area contributed by atoms with E-state index in [1.807, 2.05) is 12.1 Å². The second kappa shape index (κ2) is 2.62. The molecule has 1 heteroatoms. The lowest BCUT2D eigenvalue weighted by molar-refractivity contribution is 1.09. The second-order valence-corrected chi connectivity index (χ2v) is 1.76. The van der Waals surface area contributed by atoms with Gasteiger partial charge in [0.25, 0.3) is 0 Å². The largest absolute Gasteiger partial charge is 0.258 e. The van der Waals surface area contributed by atoms with Crippen LogP contribution in [-0.2, 0) is 6.42 Å². The lowest BCUT2D eigenvalue weighted by Gasteiger charge is -1.93. The predicted molar refractivity (Wildman–Crippen MR) is 35.6 cm³/mol. The molecule has 0 atom stereocenters. The van der Waals surface area contributed by atoms with Crippen LogP contribution in [0.25, 0.3) is 0 Å². The van der Waals surface area contributed by atoms with E-state index in [4.69, 9.17) is 13.8 Å². The third-order valence-electron chi connectivity index (χ3n) is 1.04. The molecule has 4 radical (unpaired) electrons. The Balaban J connectivity index is 2.94. The molecule has 1 aromatic rings. The maximum absolute atomic E-state index is 5.37. The molecule has 0 saturated heterocycles. The van der Waals surface area contributed by atoms with Gasteiger partial charge >= 0.3 is 0 Å². The van der Waals surface area contributed by atoms with Crippen molar-refractivity contribution < 1.29 is 0 Å². The molecule has 1 aromatic heterocycles. The van der Waals surface area contributed by atoms with E-state index in [-0.39, 0.29) is 0 Å². The van der Waals surface area contributed by atoms with Crippen molar-refractivity contribution in [3.8, 4) is 0 Å². The summed E-state index contributed by atoms with van der Waals surface area (Å²) < 4.78 is 0. The molecule has 44 valence electrons. The molecule has 0 bridgehead atoms. The van der Waals surface area contributed by atoms with E-state index in [9.17, 15) is 0 Å². The van der Waals surface area contributed by atoms with Crippen molar-refractivity contribution in [1.29, 1.82) is 0 Å². The first kappa shape index (κ1) is 6.27. The van der Waals surface area contributed by atoms with Crippen molar-refractivity contribution in [2.24, 2.45) is 0 Å². The molecule has 9 heavy (non-hydrogen) atoms. The summed E-state index contributed by atoms with van der Waals surface area (Å²) >= 11 is 0. The third-order valence-corrected chi connectivity index (χ3v) is 1.04. The highest BCUT2D eigenvalue weighted by molar-refractivity contribution is 5.13. The van der Waals surface area contributed by atoms with Crippen molar-refractivity contribution in [1.82, 2.24) is 4.98 Å². The van der Waals surface area contributed by atoms with Gasteiger partial charge in [0.1, 0.15) is 0 Å². The van der Waals surface area contributed by atoms with Crippen LogP contribution in [-0.4, -0.2) is 4.98 Å². The summed E-state index contributed by atoms with van der Waals surface area (Å²) in [7, 11) is 0. The van der Waals surface area contributed by atoms with E-state index in [0.717, 1.165) is 5.69 Å². The van der Waals surface area contributed by atoms with Gasteiger partial charge in [-0.05, 0) is 25.5 Å². The minimum Gasteiger partial charge on any atom is -0.258 e. The van der Waals surface area contributed by atoms with E-state index in [1.165, 1.54) is 0 Å². The summed E-state index contributed by atoms with van der Waals surface area (Å²) in [5, 5.41) is 0. The molecule has 0 aromatic carbocycles. The van der Waals surface area contributed by atoms with Crippen LogP contribution in [0.15, 0.2) is 18.2 Å². The van der Waals surface area contributed by atoms with E-state index >= 15 is 0 Å². The lowest BCUT2D eigenvalue weighted by atomic mass is 10.3. The lowest BCUT2D eigenvalue weighted by Crippen LogP contribution is -1.87. The number of hydrogen-bond donors (Lipinski definition) is 0. The van der Waals surface area contributed by atoms with E-state index in [0.29, 0.717) is 12.1 Å². The molecule has 0 amide bonds. The monoisotopic (exact) mass is 117 g/mol. The fourth-order valence-corrected chi connectivity index (χ4v) is 0.612. The Bertz CT molecular complexity index is 194. The smallest absolute Gasteiger partial charge is 0.0451 e. The number of hydrogen-bond acceptors (Lipinski definition) is 1. The summed E-state index contributed by atoms with van der Waals surface area (Å²) in [5.41, 5.74) is 1.35. The van der Waals surface area contributed by atoms with Crippen molar-refractivity contribution in [2.45, 2.75) is 6.42 Å². The standard InChI is InChI=1S/C8H7N/c1-3-8-6-4-5-7(2)9-8/h1-2,4-6H,3H2. The molecule has 1 rings (SSSR count). The van der Waals surface area contributed by atoms with Crippen molar-refractivity contribution in [3.63, 3.8) is 0 Å². The van der Waals surface area contributed by atoms with Gasteiger partial charge in [0.05, 0.1) is 0 Å². The quantitative estimate of drug-likeness (QED) is 0.541. The van der Waals surface area contributed by atoms with Crippen molar-refractivity contribution in [2.75, 3.05) is 0 Å². The predicted octanol–water partition coefficient (Wildman–Crippen LogP) is 1.39. The van der Waals surface area contributed by atoms with Crippen LogP contribution in [0.5, 0.6) is 0 Å². The van der Waals surface area contributed by atoms with Gasteiger partial charge in [-0.25, -0.2) is 0 Å². The minimum absolute atomic E-state index is 0.449. The molecular weight excluding hydrogens is 110 g/mol. The first-order valence-electron chi connectivity index (χ1n) is 2.74. The Kier molecular flexibility index (Phi) is 1.83. The second-order valence-electron chi connectivity index (χ2n) is 1.76. The van der Waals surface area contributed by atoms with Crippen LogP contribution in [0, 0.1) is 13.8 Å². The van der Waals surface area contributed by atoms with Gasteiger partial charge in [0.15, 0.2) is 0 Å². The third kappa shape index (κ3) is 1.53. The zero-order valence-corrected chi connectivity index (χ0v) is 5.04.